The Kier molecular flexibility index (Phi) is 4.36. The zero-order valence-electron chi connectivity index (χ0n) is 11.7. The molecule has 0 aromatic carbocycles. The van der Waals surface area contributed by atoms with E-state index in [0.29, 0.717) is 0 Å². The lowest BCUT2D eigenvalue weighted by atomic mass is 9.94. The van der Waals surface area contributed by atoms with Crippen LogP contribution in [0.5, 0.6) is 0 Å². The highest BCUT2D eigenvalue weighted by molar-refractivity contribution is 6.00. The second-order valence-electron chi connectivity index (χ2n) is 5.21. The molecule has 1 heterocycles. The van der Waals surface area contributed by atoms with E-state index in [2.05, 4.69) is 18.9 Å². The van der Waals surface area contributed by atoms with Gasteiger partial charge in [-0.2, -0.15) is 0 Å². The molecule has 0 spiro atoms. The summed E-state index contributed by atoms with van der Waals surface area (Å²) in [5.41, 5.74) is -3.21. The minimum Gasteiger partial charge on any atom is -0.427 e. The second kappa shape index (κ2) is 5.48. The summed E-state index contributed by atoms with van der Waals surface area (Å²) >= 11 is 0. The predicted molar refractivity (Wildman–Crippen MR) is 61.7 cm³/mol. The third kappa shape index (κ3) is 3.06. The lowest BCUT2D eigenvalue weighted by Crippen LogP contribution is -2.41. The number of cyclic esters (lactones) is 4. The third-order valence-electron chi connectivity index (χ3n) is 2.80. The highest BCUT2D eigenvalue weighted by Gasteiger charge is 2.43. The van der Waals surface area contributed by atoms with Crippen LogP contribution in [-0.4, -0.2) is 37.5 Å². The van der Waals surface area contributed by atoms with Crippen LogP contribution in [0.2, 0.25) is 0 Å². The van der Waals surface area contributed by atoms with E-state index in [1.54, 1.807) is 0 Å². The summed E-state index contributed by atoms with van der Waals surface area (Å²) < 4.78 is 18.7. The van der Waals surface area contributed by atoms with E-state index in [1.807, 2.05) is 0 Å². The minimum atomic E-state index is -1.60. The van der Waals surface area contributed by atoms with Crippen molar-refractivity contribution in [3.8, 4) is 0 Å². The normalized spacial score (nSPS) is 23.4. The van der Waals surface area contributed by atoms with E-state index in [4.69, 9.17) is 0 Å². The Morgan fingerprint density at radius 2 is 0.800 bits per heavy atom. The Morgan fingerprint density at radius 3 is 1.00 bits per heavy atom. The molecule has 0 bridgehead atoms. The molecule has 0 atom stereocenters. The van der Waals surface area contributed by atoms with Crippen molar-refractivity contribution >= 4 is 23.9 Å². The van der Waals surface area contributed by atoms with Crippen molar-refractivity contribution in [3.63, 3.8) is 0 Å². The number of hydrogen-bond donors (Lipinski definition) is 0. The zero-order chi connectivity index (χ0) is 15.6. The number of carbonyl (C=O) groups excluding carboxylic acids is 4. The molecule has 0 aromatic heterocycles. The van der Waals surface area contributed by atoms with Crippen molar-refractivity contribution in [2.75, 3.05) is 13.6 Å². The molecule has 1 aliphatic rings. The first kappa shape index (κ1) is 15.9. The SMILES string of the molecule is CC1(C)C(=O)OCOC(=O)C(C)(C)C(=O)OCOC1=O. The molecule has 0 radical (unpaired) electrons. The molecule has 112 valence electrons. The Morgan fingerprint density at radius 1 is 0.600 bits per heavy atom. The van der Waals surface area contributed by atoms with Crippen LogP contribution in [0.4, 0.5) is 0 Å². The van der Waals surface area contributed by atoms with Crippen LogP contribution < -0.4 is 0 Å². The lowest BCUT2D eigenvalue weighted by Gasteiger charge is -2.24. The Hall–Kier alpha value is -2.12. The Labute approximate surface area is 115 Å². The third-order valence-corrected chi connectivity index (χ3v) is 2.80. The molecule has 0 aromatic rings. The van der Waals surface area contributed by atoms with Crippen molar-refractivity contribution in [1.82, 2.24) is 0 Å². The summed E-state index contributed by atoms with van der Waals surface area (Å²) in [4.78, 5) is 46.7. The molecule has 1 fully saturated rings. The Balaban J connectivity index is 2.92. The number of esters is 4. The van der Waals surface area contributed by atoms with Crippen molar-refractivity contribution in [2.24, 2.45) is 10.8 Å². The number of rotatable bonds is 0. The van der Waals surface area contributed by atoms with Crippen LogP contribution in [0, 0.1) is 10.8 Å². The molecule has 1 aliphatic heterocycles. The van der Waals surface area contributed by atoms with Crippen LogP contribution >= 0.6 is 0 Å². The molecule has 0 aliphatic carbocycles. The summed E-state index contributed by atoms with van der Waals surface area (Å²) in [6.45, 7) is 3.69. The number of ether oxygens (including phenoxy) is 4. The average Bonchev–Trinajstić information content (AvgIpc) is 2.36. The van der Waals surface area contributed by atoms with Gasteiger partial charge in [-0.25, -0.2) is 0 Å². The van der Waals surface area contributed by atoms with E-state index < -0.39 is 48.3 Å². The molecule has 0 N–H and O–H groups in total. The quantitative estimate of drug-likeness (QED) is 0.458. The largest absolute Gasteiger partial charge is 0.427 e. The molecule has 20 heavy (non-hydrogen) atoms. The highest BCUT2D eigenvalue weighted by atomic mass is 16.7. The van der Waals surface area contributed by atoms with Gasteiger partial charge >= 0.3 is 23.9 Å². The van der Waals surface area contributed by atoms with E-state index in [-0.39, 0.29) is 0 Å². The van der Waals surface area contributed by atoms with Gasteiger partial charge in [-0.15, -0.1) is 0 Å². The van der Waals surface area contributed by atoms with Gasteiger partial charge in [-0.3, -0.25) is 19.2 Å². The fourth-order valence-corrected chi connectivity index (χ4v) is 1.16. The van der Waals surface area contributed by atoms with Gasteiger partial charge in [0.25, 0.3) is 0 Å². The van der Waals surface area contributed by atoms with Crippen molar-refractivity contribution < 1.29 is 38.1 Å². The minimum absolute atomic E-state index is 0.703. The first-order valence-corrected chi connectivity index (χ1v) is 5.79. The van der Waals surface area contributed by atoms with Gasteiger partial charge in [0.1, 0.15) is 0 Å². The van der Waals surface area contributed by atoms with Crippen LogP contribution in [-0.2, 0) is 38.1 Å². The molecule has 1 saturated heterocycles. The molecule has 8 heteroatoms. The summed E-state index contributed by atoms with van der Waals surface area (Å²) in [6.07, 6.45) is 0. The molecule has 0 saturated carbocycles. The number of carbonyl (C=O) groups is 4. The predicted octanol–water partition coefficient (Wildman–Crippen LogP) is 0.140. The van der Waals surface area contributed by atoms with Gasteiger partial charge in [0.05, 0.1) is 0 Å². The average molecular weight is 288 g/mol. The highest BCUT2D eigenvalue weighted by Crippen LogP contribution is 2.23. The molecule has 8 nitrogen and oxygen atoms in total. The smallest absolute Gasteiger partial charge is 0.325 e. The summed E-state index contributed by atoms with van der Waals surface area (Å²) in [6, 6.07) is 0. The van der Waals surface area contributed by atoms with E-state index >= 15 is 0 Å². The topological polar surface area (TPSA) is 105 Å². The van der Waals surface area contributed by atoms with Crippen LogP contribution in [0.15, 0.2) is 0 Å². The number of hydrogen-bond acceptors (Lipinski definition) is 8. The monoisotopic (exact) mass is 288 g/mol. The fraction of sp³-hybridized carbons (Fsp3) is 0.667. The molecular weight excluding hydrogens is 272 g/mol. The van der Waals surface area contributed by atoms with Crippen molar-refractivity contribution in [3.05, 3.63) is 0 Å². The maximum atomic E-state index is 11.7. The fourth-order valence-electron chi connectivity index (χ4n) is 1.16. The van der Waals surface area contributed by atoms with Crippen LogP contribution in [0.1, 0.15) is 27.7 Å². The van der Waals surface area contributed by atoms with Crippen molar-refractivity contribution in [1.29, 1.82) is 0 Å². The van der Waals surface area contributed by atoms with Gasteiger partial charge in [-0.1, -0.05) is 0 Å². The Bertz CT molecular complexity index is 370. The maximum absolute atomic E-state index is 11.7. The summed E-state index contributed by atoms with van der Waals surface area (Å²) in [5, 5.41) is 0. The van der Waals surface area contributed by atoms with E-state index in [1.165, 1.54) is 27.7 Å². The second-order valence-corrected chi connectivity index (χ2v) is 5.21. The molecule has 1 rings (SSSR count). The first-order chi connectivity index (χ1) is 9.10. The van der Waals surface area contributed by atoms with Crippen LogP contribution in [0.3, 0.4) is 0 Å². The molecular formula is C12H16O8. The van der Waals surface area contributed by atoms with Crippen LogP contribution in [0.25, 0.3) is 0 Å². The summed E-state index contributed by atoms with van der Waals surface area (Å²) in [5.74, 6) is -3.67. The summed E-state index contributed by atoms with van der Waals surface area (Å²) in [7, 11) is 0. The van der Waals surface area contributed by atoms with E-state index in [9.17, 15) is 19.2 Å². The standard InChI is InChI=1S/C12H16O8/c1-11(2)7(13)17-5-19-9(15)12(3,4)10(16)20-6-18-8(11)14/h5-6H2,1-4H3. The lowest BCUT2D eigenvalue weighted by molar-refractivity contribution is -0.197. The zero-order valence-corrected chi connectivity index (χ0v) is 11.7. The van der Waals surface area contributed by atoms with Gasteiger partial charge in [0.15, 0.2) is 10.8 Å². The van der Waals surface area contributed by atoms with E-state index in [0.717, 1.165) is 0 Å². The van der Waals surface area contributed by atoms with Crippen molar-refractivity contribution in [2.45, 2.75) is 27.7 Å². The first-order valence-electron chi connectivity index (χ1n) is 5.79. The maximum Gasteiger partial charge on any atom is 0.325 e. The van der Waals surface area contributed by atoms with Gasteiger partial charge < -0.3 is 18.9 Å². The van der Waals surface area contributed by atoms with Gasteiger partial charge in [0, 0.05) is 0 Å². The van der Waals surface area contributed by atoms with Gasteiger partial charge in [-0.05, 0) is 27.7 Å². The molecule has 0 amide bonds. The molecule has 0 unspecified atom stereocenters. The van der Waals surface area contributed by atoms with Gasteiger partial charge in [0.2, 0.25) is 13.6 Å².